The molecule has 2 heterocycles. The number of carbonyl (C=O) groups is 1. The molecule has 1 aromatic rings. The predicted molar refractivity (Wildman–Crippen MR) is 80.3 cm³/mol. The SMILES string of the molecule is Cc1ccccc1CN1C[C@H]2CN(C(=O)C(C)C)C[C@H]21. The van der Waals surface area contributed by atoms with Gasteiger partial charge in [0.25, 0.3) is 0 Å². The third kappa shape index (κ3) is 2.35. The Hall–Kier alpha value is -1.35. The third-order valence-corrected chi connectivity index (χ3v) is 4.78. The average molecular weight is 272 g/mol. The third-order valence-electron chi connectivity index (χ3n) is 4.78. The maximum absolute atomic E-state index is 12.1. The molecule has 2 aliphatic rings. The Morgan fingerprint density at radius 2 is 2.00 bits per heavy atom. The van der Waals surface area contributed by atoms with E-state index in [-0.39, 0.29) is 5.92 Å². The van der Waals surface area contributed by atoms with Gasteiger partial charge >= 0.3 is 0 Å². The summed E-state index contributed by atoms with van der Waals surface area (Å²) < 4.78 is 0. The van der Waals surface area contributed by atoms with Gasteiger partial charge in [-0.1, -0.05) is 38.1 Å². The summed E-state index contributed by atoms with van der Waals surface area (Å²) in [4.78, 5) is 16.7. The van der Waals surface area contributed by atoms with Gasteiger partial charge in [0.15, 0.2) is 0 Å². The second kappa shape index (κ2) is 5.21. The highest BCUT2D eigenvalue weighted by Gasteiger charge is 2.46. The maximum atomic E-state index is 12.1. The van der Waals surface area contributed by atoms with E-state index in [0.717, 1.165) is 26.2 Å². The van der Waals surface area contributed by atoms with Crippen molar-refractivity contribution in [3.8, 4) is 0 Å². The lowest BCUT2D eigenvalue weighted by Crippen LogP contribution is -2.54. The number of fused-ring (bicyclic) bond motifs is 1. The molecule has 2 aliphatic heterocycles. The molecule has 108 valence electrons. The van der Waals surface area contributed by atoms with E-state index in [1.807, 2.05) is 13.8 Å². The highest BCUT2D eigenvalue weighted by Crippen LogP contribution is 2.34. The van der Waals surface area contributed by atoms with Crippen molar-refractivity contribution in [3.63, 3.8) is 0 Å². The topological polar surface area (TPSA) is 23.6 Å². The number of likely N-dealkylation sites (tertiary alicyclic amines) is 2. The quantitative estimate of drug-likeness (QED) is 0.843. The molecule has 0 spiro atoms. The number of carbonyl (C=O) groups excluding carboxylic acids is 1. The smallest absolute Gasteiger partial charge is 0.225 e. The molecular weight excluding hydrogens is 248 g/mol. The largest absolute Gasteiger partial charge is 0.341 e. The van der Waals surface area contributed by atoms with Crippen LogP contribution in [0.2, 0.25) is 0 Å². The molecule has 0 radical (unpaired) electrons. The van der Waals surface area contributed by atoms with E-state index in [1.54, 1.807) is 0 Å². The fraction of sp³-hybridized carbons (Fsp3) is 0.588. The summed E-state index contributed by atoms with van der Waals surface area (Å²) >= 11 is 0. The number of aryl methyl sites for hydroxylation is 1. The number of nitrogens with zero attached hydrogens (tertiary/aromatic N) is 2. The van der Waals surface area contributed by atoms with E-state index in [1.165, 1.54) is 11.1 Å². The van der Waals surface area contributed by atoms with Crippen LogP contribution in [0.5, 0.6) is 0 Å². The number of benzene rings is 1. The van der Waals surface area contributed by atoms with E-state index >= 15 is 0 Å². The molecule has 2 saturated heterocycles. The summed E-state index contributed by atoms with van der Waals surface area (Å²) in [6, 6.07) is 9.18. The Balaban J connectivity index is 1.61. The standard InChI is InChI=1S/C17H24N2O/c1-12(2)17(20)19-10-15-9-18(16(15)11-19)8-14-7-5-4-6-13(14)3/h4-7,12,15-16H,8-11H2,1-3H3/t15-,16+/m0/s1. The van der Waals surface area contributed by atoms with E-state index in [4.69, 9.17) is 0 Å². The van der Waals surface area contributed by atoms with Gasteiger partial charge in [-0.2, -0.15) is 0 Å². The van der Waals surface area contributed by atoms with Crippen LogP contribution in [0.1, 0.15) is 25.0 Å². The van der Waals surface area contributed by atoms with Crippen molar-refractivity contribution in [1.82, 2.24) is 9.80 Å². The first kappa shape index (κ1) is 13.6. The fourth-order valence-corrected chi connectivity index (χ4v) is 3.48. The summed E-state index contributed by atoms with van der Waals surface area (Å²) in [5, 5.41) is 0. The molecule has 3 nitrogen and oxygen atoms in total. The first-order valence-corrected chi connectivity index (χ1v) is 7.63. The number of hydrogen-bond donors (Lipinski definition) is 0. The van der Waals surface area contributed by atoms with Gasteiger partial charge in [-0.3, -0.25) is 9.69 Å². The van der Waals surface area contributed by atoms with Crippen molar-refractivity contribution in [2.75, 3.05) is 19.6 Å². The lowest BCUT2D eigenvalue weighted by Gasteiger charge is -2.43. The van der Waals surface area contributed by atoms with Crippen LogP contribution in [0, 0.1) is 18.8 Å². The molecule has 2 atom stereocenters. The van der Waals surface area contributed by atoms with Gasteiger partial charge in [0.1, 0.15) is 0 Å². The lowest BCUT2D eigenvalue weighted by atomic mass is 9.91. The van der Waals surface area contributed by atoms with Crippen molar-refractivity contribution >= 4 is 5.91 Å². The average Bonchev–Trinajstić information content (AvgIpc) is 2.74. The molecule has 3 rings (SSSR count). The summed E-state index contributed by atoms with van der Waals surface area (Å²) in [6.45, 7) is 10.2. The van der Waals surface area contributed by atoms with Gasteiger partial charge in [-0.05, 0) is 18.1 Å². The van der Waals surface area contributed by atoms with Crippen molar-refractivity contribution in [3.05, 3.63) is 35.4 Å². The molecule has 0 unspecified atom stereocenters. The molecule has 0 bridgehead atoms. The molecule has 0 N–H and O–H groups in total. The normalized spacial score (nSPS) is 25.7. The minimum Gasteiger partial charge on any atom is -0.341 e. The second-order valence-corrected chi connectivity index (χ2v) is 6.58. The molecule has 1 amide bonds. The van der Waals surface area contributed by atoms with Crippen LogP contribution in [-0.4, -0.2) is 41.4 Å². The zero-order valence-corrected chi connectivity index (χ0v) is 12.7. The number of amides is 1. The van der Waals surface area contributed by atoms with Gasteiger partial charge in [0.05, 0.1) is 0 Å². The van der Waals surface area contributed by atoms with Crippen LogP contribution in [0.3, 0.4) is 0 Å². The molecule has 0 aromatic heterocycles. The highest BCUT2D eigenvalue weighted by molar-refractivity contribution is 5.78. The van der Waals surface area contributed by atoms with Crippen LogP contribution in [0.25, 0.3) is 0 Å². The molecule has 3 heteroatoms. The van der Waals surface area contributed by atoms with E-state index in [9.17, 15) is 4.79 Å². The summed E-state index contributed by atoms with van der Waals surface area (Å²) in [5.41, 5.74) is 2.78. The fourth-order valence-electron chi connectivity index (χ4n) is 3.48. The molecule has 0 saturated carbocycles. The van der Waals surface area contributed by atoms with Crippen LogP contribution in [-0.2, 0) is 11.3 Å². The van der Waals surface area contributed by atoms with Crippen LogP contribution in [0.4, 0.5) is 0 Å². The molecule has 1 aromatic carbocycles. The first-order chi connectivity index (χ1) is 9.56. The Labute approximate surface area is 121 Å². The zero-order valence-electron chi connectivity index (χ0n) is 12.7. The summed E-state index contributed by atoms with van der Waals surface area (Å²) in [7, 11) is 0. The minimum atomic E-state index is 0.123. The van der Waals surface area contributed by atoms with Crippen molar-refractivity contribution < 1.29 is 4.79 Å². The molecule has 2 fully saturated rings. The highest BCUT2D eigenvalue weighted by atomic mass is 16.2. The van der Waals surface area contributed by atoms with Gasteiger partial charge in [0, 0.05) is 44.1 Å². The molecule has 20 heavy (non-hydrogen) atoms. The van der Waals surface area contributed by atoms with Gasteiger partial charge in [0.2, 0.25) is 5.91 Å². The van der Waals surface area contributed by atoms with Crippen LogP contribution < -0.4 is 0 Å². The van der Waals surface area contributed by atoms with Gasteiger partial charge in [-0.15, -0.1) is 0 Å². The second-order valence-electron chi connectivity index (χ2n) is 6.58. The predicted octanol–water partition coefficient (Wildman–Crippen LogP) is 2.29. The number of rotatable bonds is 3. The summed E-state index contributed by atoms with van der Waals surface area (Å²) in [5.74, 6) is 1.13. The van der Waals surface area contributed by atoms with Crippen molar-refractivity contribution in [2.45, 2.75) is 33.4 Å². The van der Waals surface area contributed by atoms with Crippen molar-refractivity contribution in [1.29, 1.82) is 0 Å². The van der Waals surface area contributed by atoms with E-state index in [0.29, 0.717) is 17.9 Å². The maximum Gasteiger partial charge on any atom is 0.225 e. The Morgan fingerprint density at radius 3 is 2.70 bits per heavy atom. The first-order valence-electron chi connectivity index (χ1n) is 7.63. The lowest BCUT2D eigenvalue weighted by molar-refractivity contribution is -0.133. The van der Waals surface area contributed by atoms with Crippen molar-refractivity contribution in [2.24, 2.45) is 11.8 Å². The zero-order chi connectivity index (χ0) is 14.3. The number of hydrogen-bond acceptors (Lipinski definition) is 2. The monoisotopic (exact) mass is 272 g/mol. The van der Waals surface area contributed by atoms with Crippen LogP contribution in [0.15, 0.2) is 24.3 Å². The summed E-state index contributed by atoms with van der Waals surface area (Å²) in [6.07, 6.45) is 0. The van der Waals surface area contributed by atoms with E-state index in [2.05, 4.69) is 41.0 Å². The van der Waals surface area contributed by atoms with Gasteiger partial charge < -0.3 is 4.90 Å². The minimum absolute atomic E-state index is 0.123. The Morgan fingerprint density at radius 1 is 1.25 bits per heavy atom. The van der Waals surface area contributed by atoms with Crippen LogP contribution >= 0.6 is 0 Å². The molecule has 0 aliphatic carbocycles. The van der Waals surface area contributed by atoms with E-state index < -0.39 is 0 Å². The molecular formula is C17H24N2O. The Kier molecular flexibility index (Phi) is 3.55. The Bertz CT molecular complexity index is 511. The van der Waals surface area contributed by atoms with Gasteiger partial charge in [-0.25, -0.2) is 0 Å².